The average Bonchev–Trinajstić information content (AvgIpc) is 2.84. The number of aromatic nitrogens is 3. The minimum atomic E-state index is -3.77. The van der Waals surface area contributed by atoms with Gasteiger partial charge in [0.2, 0.25) is 10.0 Å². The SMILES string of the molecule is CC(NS(=O)(=O)c1ccc(C(=O)O)cc1)c1nncn1C. The predicted molar refractivity (Wildman–Crippen MR) is 73.1 cm³/mol. The molecule has 1 aromatic carbocycles. The van der Waals surface area contributed by atoms with Crippen LogP contribution in [0.1, 0.15) is 29.1 Å². The number of rotatable bonds is 5. The molecule has 9 heteroatoms. The molecule has 0 amide bonds. The van der Waals surface area contributed by atoms with Crippen molar-refractivity contribution in [1.29, 1.82) is 0 Å². The molecular weight excluding hydrogens is 296 g/mol. The van der Waals surface area contributed by atoms with Gasteiger partial charge in [-0.1, -0.05) is 0 Å². The molecule has 1 aromatic heterocycles. The van der Waals surface area contributed by atoms with E-state index in [4.69, 9.17) is 5.11 Å². The number of carboxylic acid groups (broad SMARTS) is 1. The van der Waals surface area contributed by atoms with Crippen LogP contribution in [0.5, 0.6) is 0 Å². The first-order valence-corrected chi connectivity index (χ1v) is 7.49. The van der Waals surface area contributed by atoms with E-state index in [1.807, 2.05) is 0 Å². The number of benzene rings is 1. The molecule has 2 N–H and O–H groups in total. The Hall–Kier alpha value is -2.26. The van der Waals surface area contributed by atoms with Crippen molar-refractivity contribution in [1.82, 2.24) is 19.5 Å². The molecule has 2 rings (SSSR count). The van der Waals surface area contributed by atoms with E-state index >= 15 is 0 Å². The molecular formula is C12H14N4O4S. The molecule has 0 radical (unpaired) electrons. The first-order chi connectivity index (χ1) is 9.81. The molecule has 1 unspecified atom stereocenters. The quantitative estimate of drug-likeness (QED) is 0.833. The minimum absolute atomic E-state index is 0.0125. The standard InChI is InChI=1S/C12H14N4O4S/c1-8(11-14-13-7-16(11)2)15-21(19,20)10-5-3-9(4-6-10)12(17)18/h3-8,15H,1-2H3,(H,17,18). The van der Waals surface area contributed by atoms with E-state index in [2.05, 4.69) is 14.9 Å². The van der Waals surface area contributed by atoms with E-state index in [0.29, 0.717) is 5.82 Å². The van der Waals surface area contributed by atoms with Crippen molar-refractivity contribution in [2.24, 2.45) is 7.05 Å². The number of aryl methyl sites for hydroxylation is 1. The van der Waals surface area contributed by atoms with Gasteiger partial charge in [-0.25, -0.2) is 17.9 Å². The third kappa shape index (κ3) is 3.26. The number of nitrogens with zero attached hydrogens (tertiary/aromatic N) is 3. The van der Waals surface area contributed by atoms with E-state index in [-0.39, 0.29) is 10.5 Å². The second-order valence-electron chi connectivity index (χ2n) is 4.47. The molecule has 0 saturated carbocycles. The number of nitrogens with one attached hydrogen (secondary N) is 1. The fourth-order valence-corrected chi connectivity index (χ4v) is 3.02. The smallest absolute Gasteiger partial charge is 0.335 e. The summed E-state index contributed by atoms with van der Waals surface area (Å²) >= 11 is 0. The summed E-state index contributed by atoms with van der Waals surface area (Å²) in [6, 6.07) is 4.40. The largest absolute Gasteiger partial charge is 0.478 e. The summed E-state index contributed by atoms with van der Waals surface area (Å²) in [7, 11) is -2.06. The van der Waals surface area contributed by atoms with E-state index in [9.17, 15) is 13.2 Å². The predicted octanol–water partition coefficient (Wildman–Crippen LogP) is 0.553. The maximum atomic E-state index is 12.2. The van der Waals surface area contributed by atoms with Crippen LogP contribution in [0.2, 0.25) is 0 Å². The van der Waals surface area contributed by atoms with Gasteiger partial charge in [-0.2, -0.15) is 0 Å². The maximum Gasteiger partial charge on any atom is 0.335 e. The van der Waals surface area contributed by atoms with Crippen molar-refractivity contribution in [3.63, 3.8) is 0 Å². The molecule has 21 heavy (non-hydrogen) atoms. The molecule has 1 heterocycles. The highest BCUT2D eigenvalue weighted by Gasteiger charge is 2.21. The summed E-state index contributed by atoms with van der Waals surface area (Å²) in [5, 5.41) is 16.3. The van der Waals surface area contributed by atoms with Crippen molar-refractivity contribution in [3.05, 3.63) is 42.0 Å². The Morgan fingerprint density at radius 1 is 1.33 bits per heavy atom. The fourth-order valence-electron chi connectivity index (χ4n) is 1.81. The van der Waals surface area contributed by atoms with Crippen molar-refractivity contribution in [2.45, 2.75) is 17.9 Å². The maximum absolute atomic E-state index is 12.2. The van der Waals surface area contributed by atoms with Crippen LogP contribution < -0.4 is 4.72 Å². The molecule has 0 aliphatic rings. The fraction of sp³-hybridized carbons (Fsp3) is 0.250. The minimum Gasteiger partial charge on any atom is -0.478 e. The molecule has 2 aromatic rings. The highest BCUT2D eigenvalue weighted by atomic mass is 32.2. The number of sulfonamides is 1. The lowest BCUT2D eigenvalue weighted by molar-refractivity contribution is 0.0696. The van der Waals surface area contributed by atoms with Crippen LogP contribution in [-0.4, -0.2) is 34.3 Å². The lowest BCUT2D eigenvalue weighted by Crippen LogP contribution is -2.28. The van der Waals surface area contributed by atoms with Crippen LogP contribution in [-0.2, 0) is 17.1 Å². The third-order valence-corrected chi connectivity index (χ3v) is 4.43. The highest BCUT2D eigenvalue weighted by molar-refractivity contribution is 7.89. The van der Waals surface area contributed by atoms with E-state index < -0.39 is 22.0 Å². The van der Waals surface area contributed by atoms with Crippen LogP contribution in [0.4, 0.5) is 0 Å². The van der Waals surface area contributed by atoms with Gasteiger partial charge in [-0.15, -0.1) is 10.2 Å². The number of hydrogen-bond donors (Lipinski definition) is 2. The van der Waals surface area contributed by atoms with Gasteiger partial charge in [0, 0.05) is 7.05 Å². The van der Waals surface area contributed by atoms with Gasteiger partial charge in [0.1, 0.15) is 12.2 Å². The van der Waals surface area contributed by atoms with Crippen molar-refractivity contribution in [3.8, 4) is 0 Å². The van der Waals surface area contributed by atoms with E-state index in [0.717, 1.165) is 0 Å². The zero-order chi connectivity index (χ0) is 15.6. The van der Waals surface area contributed by atoms with Crippen LogP contribution in [0.25, 0.3) is 0 Å². The zero-order valence-electron chi connectivity index (χ0n) is 11.4. The van der Waals surface area contributed by atoms with Gasteiger partial charge < -0.3 is 9.67 Å². The van der Waals surface area contributed by atoms with Gasteiger partial charge in [0.15, 0.2) is 0 Å². The van der Waals surface area contributed by atoms with Gasteiger partial charge in [0.05, 0.1) is 16.5 Å². The lowest BCUT2D eigenvalue weighted by atomic mass is 10.2. The van der Waals surface area contributed by atoms with Crippen LogP contribution in [0.15, 0.2) is 35.5 Å². The second kappa shape index (κ2) is 5.62. The van der Waals surface area contributed by atoms with Gasteiger partial charge in [0.25, 0.3) is 0 Å². The molecule has 0 fully saturated rings. The molecule has 0 saturated heterocycles. The van der Waals surface area contributed by atoms with E-state index in [1.54, 1.807) is 18.5 Å². The lowest BCUT2D eigenvalue weighted by Gasteiger charge is -2.13. The summed E-state index contributed by atoms with van der Waals surface area (Å²) in [4.78, 5) is 10.7. The Kier molecular flexibility index (Phi) is 4.05. The van der Waals surface area contributed by atoms with Gasteiger partial charge >= 0.3 is 5.97 Å². The molecule has 0 aliphatic carbocycles. The summed E-state index contributed by atoms with van der Waals surface area (Å²) in [5.74, 6) is -0.639. The van der Waals surface area contributed by atoms with Crippen molar-refractivity contribution in [2.75, 3.05) is 0 Å². The van der Waals surface area contributed by atoms with Crippen LogP contribution >= 0.6 is 0 Å². The van der Waals surface area contributed by atoms with Gasteiger partial charge in [-0.05, 0) is 31.2 Å². The Balaban J connectivity index is 2.22. The number of aromatic carboxylic acids is 1. The summed E-state index contributed by atoms with van der Waals surface area (Å²) in [5.41, 5.74) is 0.0234. The molecule has 112 valence electrons. The number of hydrogen-bond acceptors (Lipinski definition) is 5. The monoisotopic (exact) mass is 310 g/mol. The second-order valence-corrected chi connectivity index (χ2v) is 6.19. The number of carboxylic acids is 1. The Morgan fingerprint density at radius 2 is 1.95 bits per heavy atom. The summed E-state index contributed by atoms with van der Waals surface area (Å²) < 4.78 is 28.5. The average molecular weight is 310 g/mol. The number of carbonyl (C=O) groups is 1. The molecule has 0 aliphatic heterocycles. The van der Waals surface area contributed by atoms with Gasteiger partial charge in [-0.3, -0.25) is 0 Å². The first kappa shape index (κ1) is 15.1. The Morgan fingerprint density at radius 3 is 2.43 bits per heavy atom. The highest BCUT2D eigenvalue weighted by Crippen LogP contribution is 2.15. The van der Waals surface area contributed by atoms with E-state index in [1.165, 1.54) is 30.6 Å². The third-order valence-electron chi connectivity index (χ3n) is 2.88. The summed E-state index contributed by atoms with van der Waals surface area (Å²) in [6.07, 6.45) is 1.47. The normalized spacial score (nSPS) is 13.0. The van der Waals surface area contributed by atoms with Crippen molar-refractivity contribution >= 4 is 16.0 Å². The summed E-state index contributed by atoms with van der Waals surface area (Å²) in [6.45, 7) is 1.65. The first-order valence-electron chi connectivity index (χ1n) is 6.01. The molecule has 1 atom stereocenters. The molecule has 8 nitrogen and oxygen atoms in total. The Bertz CT molecular complexity index is 752. The molecule has 0 bridgehead atoms. The topological polar surface area (TPSA) is 114 Å². The Labute approximate surface area is 121 Å². The zero-order valence-corrected chi connectivity index (χ0v) is 12.2. The van der Waals surface area contributed by atoms with Crippen molar-refractivity contribution < 1.29 is 18.3 Å². The van der Waals surface area contributed by atoms with Crippen LogP contribution in [0.3, 0.4) is 0 Å². The van der Waals surface area contributed by atoms with Crippen LogP contribution in [0, 0.1) is 0 Å². The molecule has 0 spiro atoms.